The van der Waals surface area contributed by atoms with Crippen molar-refractivity contribution in [1.29, 1.82) is 0 Å². The molecule has 78 valence electrons. The minimum atomic E-state index is 1.03. The van der Waals surface area contributed by atoms with Gasteiger partial charge in [-0.25, -0.2) is 0 Å². The molecule has 2 aromatic rings. The summed E-state index contributed by atoms with van der Waals surface area (Å²) < 4.78 is 0. The Morgan fingerprint density at radius 2 is 2.07 bits per heavy atom. The molecule has 0 spiro atoms. The molecule has 0 saturated heterocycles. The minimum Gasteiger partial charge on any atom is -0.384 e. The highest BCUT2D eigenvalue weighted by Crippen LogP contribution is 2.20. The summed E-state index contributed by atoms with van der Waals surface area (Å²) in [5.41, 5.74) is 2.24. The maximum Gasteiger partial charge on any atom is 0.0722 e. The lowest BCUT2D eigenvalue weighted by molar-refractivity contribution is 0.835. The van der Waals surface area contributed by atoms with Gasteiger partial charge in [0.25, 0.3) is 0 Å². The lowest BCUT2D eigenvalue weighted by Crippen LogP contribution is -2.01. The molecule has 1 aromatic carbocycles. The average molecular weight is 200 g/mol. The van der Waals surface area contributed by atoms with E-state index in [1.165, 1.54) is 23.9 Å². The molecule has 0 bridgehead atoms. The first kappa shape index (κ1) is 9.97. The summed E-state index contributed by atoms with van der Waals surface area (Å²) in [5, 5.41) is 4.65. The third-order valence-electron chi connectivity index (χ3n) is 2.49. The Kier molecular flexibility index (Phi) is 3.18. The molecule has 0 aliphatic carbocycles. The van der Waals surface area contributed by atoms with Gasteiger partial charge in [0, 0.05) is 23.8 Å². The van der Waals surface area contributed by atoms with Crippen molar-refractivity contribution in [3.05, 3.63) is 36.5 Å². The van der Waals surface area contributed by atoms with Crippen molar-refractivity contribution >= 4 is 16.6 Å². The number of unbranched alkanes of at least 4 members (excludes halogenated alkanes) is 1. The number of benzene rings is 1. The number of nitrogens with zero attached hydrogens (tertiary/aromatic N) is 1. The first-order valence-corrected chi connectivity index (χ1v) is 5.49. The van der Waals surface area contributed by atoms with E-state index < -0.39 is 0 Å². The van der Waals surface area contributed by atoms with Crippen LogP contribution >= 0.6 is 0 Å². The lowest BCUT2D eigenvalue weighted by Gasteiger charge is -2.08. The van der Waals surface area contributed by atoms with E-state index in [1.807, 2.05) is 24.4 Å². The molecular formula is C13H16N2. The van der Waals surface area contributed by atoms with Gasteiger partial charge in [0.1, 0.15) is 0 Å². The van der Waals surface area contributed by atoms with Gasteiger partial charge in [-0.15, -0.1) is 0 Å². The maximum absolute atomic E-state index is 4.33. The Bertz CT molecular complexity index is 432. The fraction of sp³-hybridized carbons (Fsp3) is 0.308. The van der Waals surface area contributed by atoms with Gasteiger partial charge in [-0.3, -0.25) is 4.98 Å². The van der Waals surface area contributed by atoms with Crippen molar-refractivity contribution in [2.75, 3.05) is 11.9 Å². The molecule has 1 N–H and O–H groups in total. The second-order valence-corrected chi connectivity index (χ2v) is 3.66. The number of nitrogens with one attached hydrogen (secondary N) is 1. The summed E-state index contributed by atoms with van der Waals surface area (Å²) in [6.45, 7) is 3.23. The van der Waals surface area contributed by atoms with E-state index in [4.69, 9.17) is 0 Å². The van der Waals surface area contributed by atoms with Gasteiger partial charge in [-0.1, -0.05) is 31.5 Å². The van der Waals surface area contributed by atoms with Crippen LogP contribution < -0.4 is 5.32 Å². The first-order chi connectivity index (χ1) is 7.42. The molecule has 1 heterocycles. The van der Waals surface area contributed by atoms with E-state index in [0.717, 1.165) is 12.1 Å². The van der Waals surface area contributed by atoms with Crippen LogP contribution in [0.1, 0.15) is 19.8 Å². The molecule has 2 nitrogen and oxygen atoms in total. The molecule has 0 amide bonds. The Morgan fingerprint density at radius 1 is 1.20 bits per heavy atom. The number of fused-ring (bicyclic) bond motifs is 1. The SMILES string of the molecule is CCCCNc1ccnc2ccccc12. The van der Waals surface area contributed by atoms with Crippen molar-refractivity contribution < 1.29 is 0 Å². The normalized spacial score (nSPS) is 10.5. The summed E-state index contributed by atoms with van der Waals surface area (Å²) in [6.07, 6.45) is 4.28. The zero-order chi connectivity index (χ0) is 10.5. The van der Waals surface area contributed by atoms with E-state index >= 15 is 0 Å². The van der Waals surface area contributed by atoms with Crippen LogP contribution in [0.4, 0.5) is 5.69 Å². The molecule has 0 aliphatic rings. The largest absolute Gasteiger partial charge is 0.384 e. The standard InChI is InChI=1S/C13H16N2/c1-2-3-9-14-13-8-10-15-12-7-5-4-6-11(12)13/h4-8,10H,2-3,9H2,1H3,(H,14,15). The van der Waals surface area contributed by atoms with Gasteiger partial charge in [-0.2, -0.15) is 0 Å². The third kappa shape index (κ3) is 2.27. The van der Waals surface area contributed by atoms with Crippen LogP contribution in [0.25, 0.3) is 10.9 Å². The number of hydrogen-bond donors (Lipinski definition) is 1. The van der Waals surface area contributed by atoms with Gasteiger partial charge >= 0.3 is 0 Å². The van der Waals surface area contributed by atoms with Crippen LogP contribution in [0.3, 0.4) is 0 Å². The first-order valence-electron chi connectivity index (χ1n) is 5.49. The third-order valence-corrected chi connectivity index (χ3v) is 2.49. The lowest BCUT2D eigenvalue weighted by atomic mass is 10.2. The molecule has 0 aliphatic heterocycles. The molecular weight excluding hydrogens is 184 g/mol. The number of pyridine rings is 1. The Labute approximate surface area is 90.3 Å². The van der Waals surface area contributed by atoms with Crippen LogP contribution in [0, 0.1) is 0 Å². The van der Waals surface area contributed by atoms with Crippen molar-refractivity contribution in [3.8, 4) is 0 Å². The molecule has 2 heteroatoms. The van der Waals surface area contributed by atoms with E-state index in [-0.39, 0.29) is 0 Å². The van der Waals surface area contributed by atoms with Gasteiger partial charge in [-0.05, 0) is 18.6 Å². The zero-order valence-corrected chi connectivity index (χ0v) is 9.03. The second kappa shape index (κ2) is 4.78. The summed E-state index contributed by atoms with van der Waals surface area (Å²) >= 11 is 0. The summed E-state index contributed by atoms with van der Waals surface area (Å²) in [6, 6.07) is 10.3. The Hall–Kier alpha value is -1.57. The topological polar surface area (TPSA) is 24.9 Å². The van der Waals surface area contributed by atoms with Crippen molar-refractivity contribution in [2.45, 2.75) is 19.8 Å². The van der Waals surface area contributed by atoms with Crippen LogP contribution in [0.2, 0.25) is 0 Å². The van der Waals surface area contributed by atoms with Crippen LogP contribution in [-0.4, -0.2) is 11.5 Å². The van der Waals surface area contributed by atoms with Gasteiger partial charge in [0.05, 0.1) is 5.52 Å². The number of rotatable bonds is 4. The number of aromatic nitrogens is 1. The van der Waals surface area contributed by atoms with Gasteiger partial charge in [0.15, 0.2) is 0 Å². The van der Waals surface area contributed by atoms with Gasteiger partial charge in [0.2, 0.25) is 0 Å². The molecule has 0 fully saturated rings. The predicted octanol–water partition coefficient (Wildman–Crippen LogP) is 3.45. The fourth-order valence-electron chi connectivity index (χ4n) is 1.65. The number of para-hydroxylation sites is 1. The zero-order valence-electron chi connectivity index (χ0n) is 9.03. The highest BCUT2D eigenvalue weighted by molar-refractivity contribution is 5.90. The molecule has 0 unspecified atom stereocenters. The molecule has 0 saturated carbocycles. The molecule has 0 radical (unpaired) electrons. The van der Waals surface area contributed by atoms with Crippen LogP contribution in [-0.2, 0) is 0 Å². The highest BCUT2D eigenvalue weighted by Gasteiger charge is 1.99. The fourth-order valence-corrected chi connectivity index (χ4v) is 1.65. The minimum absolute atomic E-state index is 1.03. The van der Waals surface area contributed by atoms with E-state index in [1.54, 1.807) is 0 Å². The monoisotopic (exact) mass is 200 g/mol. The second-order valence-electron chi connectivity index (χ2n) is 3.66. The molecule has 0 atom stereocenters. The van der Waals surface area contributed by atoms with Crippen LogP contribution in [0.5, 0.6) is 0 Å². The van der Waals surface area contributed by atoms with Crippen molar-refractivity contribution in [1.82, 2.24) is 4.98 Å². The van der Waals surface area contributed by atoms with E-state index in [2.05, 4.69) is 29.4 Å². The van der Waals surface area contributed by atoms with Gasteiger partial charge < -0.3 is 5.32 Å². The maximum atomic E-state index is 4.33. The smallest absolute Gasteiger partial charge is 0.0722 e. The van der Waals surface area contributed by atoms with Crippen LogP contribution in [0.15, 0.2) is 36.5 Å². The van der Waals surface area contributed by atoms with E-state index in [0.29, 0.717) is 0 Å². The molecule has 1 aromatic heterocycles. The summed E-state index contributed by atoms with van der Waals surface area (Å²) in [7, 11) is 0. The Morgan fingerprint density at radius 3 is 2.93 bits per heavy atom. The average Bonchev–Trinajstić information content (AvgIpc) is 2.30. The van der Waals surface area contributed by atoms with Crippen molar-refractivity contribution in [2.24, 2.45) is 0 Å². The predicted molar refractivity (Wildman–Crippen MR) is 65.1 cm³/mol. The highest BCUT2D eigenvalue weighted by atomic mass is 14.9. The summed E-state index contributed by atoms with van der Waals surface area (Å²) in [5.74, 6) is 0. The number of anilines is 1. The molecule has 15 heavy (non-hydrogen) atoms. The Balaban J connectivity index is 2.26. The summed E-state index contributed by atoms with van der Waals surface area (Å²) in [4.78, 5) is 4.33. The quantitative estimate of drug-likeness (QED) is 0.765. The van der Waals surface area contributed by atoms with E-state index in [9.17, 15) is 0 Å². The van der Waals surface area contributed by atoms with Crippen molar-refractivity contribution in [3.63, 3.8) is 0 Å². The number of hydrogen-bond acceptors (Lipinski definition) is 2. The molecule has 2 rings (SSSR count).